The lowest BCUT2D eigenvalue weighted by atomic mass is 10.0. The molecule has 1 heterocycles. The molecule has 0 aliphatic carbocycles. The molecule has 0 aliphatic rings. The Labute approximate surface area is 108 Å². The van der Waals surface area contributed by atoms with Crippen molar-refractivity contribution in [2.45, 2.75) is 39.7 Å². The van der Waals surface area contributed by atoms with Crippen LogP contribution in [0.15, 0.2) is 24.3 Å². The van der Waals surface area contributed by atoms with E-state index in [1.54, 1.807) is 0 Å². The van der Waals surface area contributed by atoms with Gasteiger partial charge in [-0.2, -0.15) is 0 Å². The van der Waals surface area contributed by atoms with E-state index in [2.05, 4.69) is 41.2 Å². The molecule has 0 saturated carbocycles. The minimum Gasteiger partial charge on any atom is -0.344 e. The number of hydrogen-bond acceptors (Lipinski definition) is 2. The third-order valence-electron chi connectivity index (χ3n) is 3.17. The summed E-state index contributed by atoms with van der Waals surface area (Å²) in [7, 11) is 0. The lowest BCUT2D eigenvalue weighted by molar-refractivity contribution is 0.795. The smallest absolute Gasteiger partial charge is 0.120 e. The van der Waals surface area contributed by atoms with Crippen LogP contribution in [0, 0.1) is 6.92 Å². The van der Waals surface area contributed by atoms with Crippen molar-refractivity contribution in [3.63, 3.8) is 0 Å². The number of imidazole rings is 1. The topological polar surface area (TPSA) is 54.7 Å². The first-order valence-electron chi connectivity index (χ1n) is 6.59. The molecule has 1 aromatic heterocycles. The Morgan fingerprint density at radius 1 is 1.22 bits per heavy atom. The maximum absolute atomic E-state index is 5.60. The Morgan fingerprint density at radius 3 is 2.50 bits per heavy atom. The average Bonchev–Trinajstić information content (AvgIpc) is 2.78. The van der Waals surface area contributed by atoms with Crippen molar-refractivity contribution in [3.8, 4) is 11.3 Å². The molecule has 0 spiro atoms. The summed E-state index contributed by atoms with van der Waals surface area (Å²) in [5, 5.41) is 0. The van der Waals surface area contributed by atoms with Crippen molar-refractivity contribution < 1.29 is 0 Å². The fourth-order valence-corrected chi connectivity index (χ4v) is 2.11. The van der Waals surface area contributed by atoms with Gasteiger partial charge in [0.05, 0.1) is 12.2 Å². The number of nitrogens with one attached hydrogen (secondary N) is 1. The number of nitrogens with zero attached hydrogens (tertiary/aromatic N) is 1. The third kappa shape index (κ3) is 2.79. The summed E-state index contributed by atoms with van der Waals surface area (Å²) in [6.07, 6.45) is 3.64. The van der Waals surface area contributed by atoms with Gasteiger partial charge in [-0.1, -0.05) is 37.6 Å². The molecule has 2 aromatic rings. The predicted molar refractivity (Wildman–Crippen MR) is 75.3 cm³/mol. The first-order valence-corrected chi connectivity index (χ1v) is 6.59. The van der Waals surface area contributed by atoms with E-state index in [1.165, 1.54) is 18.4 Å². The zero-order valence-electron chi connectivity index (χ0n) is 11.2. The number of nitrogens with two attached hydrogens (primary N) is 1. The zero-order chi connectivity index (χ0) is 13.0. The Bertz CT molecular complexity index is 497. The molecule has 1 aromatic carbocycles. The molecule has 0 atom stereocenters. The van der Waals surface area contributed by atoms with Crippen LogP contribution in [-0.2, 0) is 13.0 Å². The number of benzene rings is 1. The molecular formula is C15H21N3. The molecule has 2 rings (SSSR count). The molecule has 0 saturated heterocycles. The number of aromatic nitrogens is 2. The van der Waals surface area contributed by atoms with Gasteiger partial charge in [-0.3, -0.25) is 0 Å². The predicted octanol–water partition coefficient (Wildman–Crippen LogP) is 3.19. The fourth-order valence-electron chi connectivity index (χ4n) is 2.11. The third-order valence-corrected chi connectivity index (χ3v) is 3.17. The molecule has 3 heteroatoms. The average molecular weight is 243 g/mol. The summed E-state index contributed by atoms with van der Waals surface area (Å²) in [5.41, 5.74) is 10.2. The van der Waals surface area contributed by atoms with Gasteiger partial charge in [-0.15, -0.1) is 0 Å². The minimum absolute atomic E-state index is 0.454. The lowest BCUT2D eigenvalue weighted by Crippen LogP contribution is -1.97. The van der Waals surface area contributed by atoms with Gasteiger partial charge >= 0.3 is 0 Å². The number of rotatable bonds is 5. The number of hydrogen-bond donors (Lipinski definition) is 2. The molecule has 0 amide bonds. The molecule has 0 unspecified atom stereocenters. The molecule has 0 radical (unpaired) electrons. The lowest BCUT2D eigenvalue weighted by Gasteiger charge is -2.02. The maximum atomic E-state index is 5.60. The highest BCUT2D eigenvalue weighted by Gasteiger charge is 2.07. The van der Waals surface area contributed by atoms with E-state index in [9.17, 15) is 0 Å². The van der Waals surface area contributed by atoms with Crippen LogP contribution >= 0.6 is 0 Å². The standard InChI is InChI=1S/C15H21N3/c1-3-4-5-12-6-8-13(9-7-12)15-11(2)17-14(10-16)18-15/h6-9H,3-5,10,16H2,1-2H3,(H,17,18). The molecule has 0 bridgehead atoms. The Balaban J connectivity index is 2.20. The van der Waals surface area contributed by atoms with E-state index < -0.39 is 0 Å². The van der Waals surface area contributed by atoms with Crippen LogP contribution in [0.1, 0.15) is 36.8 Å². The number of aromatic amines is 1. The van der Waals surface area contributed by atoms with Gasteiger partial charge in [-0.25, -0.2) is 4.98 Å². The molecule has 3 nitrogen and oxygen atoms in total. The van der Waals surface area contributed by atoms with Gasteiger partial charge in [0.15, 0.2) is 0 Å². The minimum atomic E-state index is 0.454. The van der Waals surface area contributed by atoms with E-state index in [-0.39, 0.29) is 0 Å². The molecule has 96 valence electrons. The second kappa shape index (κ2) is 5.83. The Morgan fingerprint density at radius 2 is 1.94 bits per heavy atom. The van der Waals surface area contributed by atoms with Crippen molar-refractivity contribution in [2.24, 2.45) is 5.73 Å². The highest BCUT2D eigenvalue weighted by Crippen LogP contribution is 2.22. The van der Waals surface area contributed by atoms with Gasteiger partial charge in [0.1, 0.15) is 5.82 Å². The van der Waals surface area contributed by atoms with Gasteiger partial charge in [0, 0.05) is 11.3 Å². The van der Waals surface area contributed by atoms with E-state index in [0.717, 1.165) is 29.2 Å². The number of aryl methyl sites for hydroxylation is 2. The monoisotopic (exact) mass is 243 g/mol. The molecule has 18 heavy (non-hydrogen) atoms. The second-order valence-corrected chi connectivity index (χ2v) is 4.66. The Hall–Kier alpha value is -1.61. The second-order valence-electron chi connectivity index (χ2n) is 4.66. The first-order chi connectivity index (χ1) is 8.74. The number of unbranched alkanes of at least 4 members (excludes halogenated alkanes) is 1. The van der Waals surface area contributed by atoms with E-state index in [1.807, 2.05) is 6.92 Å². The van der Waals surface area contributed by atoms with Crippen LogP contribution in [0.2, 0.25) is 0 Å². The first kappa shape index (κ1) is 12.8. The van der Waals surface area contributed by atoms with E-state index in [4.69, 9.17) is 5.73 Å². The van der Waals surface area contributed by atoms with Crippen LogP contribution in [-0.4, -0.2) is 9.97 Å². The summed E-state index contributed by atoms with van der Waals surface area (Å²) in [4.78, 5) is 7.72. The molecule has 0 fully saturated rings. The van der Waals surface area contributed by atoms with Gasteiger partial charge in [0.25, 0.3) is 0 Å². The van der Waals surface area contributed by atoms with Crippen LogP contribution in [0.3, 0.4) is 0 Å². The highest BCUT2D eigenvalue weighted by atomic mass is 15.0. The normalized spacial score (nSPS) is 10.8. The molecule has 0 aliphatic heterocycles. The van der Waals surface area contributed by atoms with Crippen molar-refractivity contribution in [1.82, 2.24) is 9.97 Å². The summed E-state index contributed by atoms with van der Waals surface area (Å²) in [6.45, 7) is 4.71. The van der Waals surface area contributed by atoms with E-state index in [0.29, 0.717) is 6.54 Å². The fraction of sp³-hybridized carbons (Fsp3) is 0.400. The largest absolute Gasteiger partial charge is 0.344 e. The van der Waals surface area contributed by atoms with Crippen molar-refractivity contribution in [2.75, 3.05) is 0 Å². The van der Waals surface area contributed by atoms with Crippen LogP contribution in [0.25, 0.3) is 11.3 Å². The van der Waals surface area contributed by atoms with Gasteiger partial charge in [-0.05, 0) is 25.3 Å². The summed E-state index contributed by atoms with van der Waals surface area (Å²) < 4.78 is 0. The van der Waals surface area contributed by atoms with Crippen LogP contribution in [0.4, 0.5) is 0 Å². The molecular weight excluding hydrogens is 222 g/mol. The van der Waals surface area contributed by atoms with E-state index >= 15 is 0 Å². The highest BCUT2D eigenvalue weighted by molar-refractivity contribution is 5.62. The SMILES string of the molecule is CCCCc1ccc(-c2nc(CN)[nH]c2C)cc1. The van der Waals surface area contributed by atoms with Crippen molar-refractivity contribution in [3.05, 3.63) is 41.3 Å². The van der Waals surface area contributed by atoms with Gasteiger partial charge in [0.2, 0.25) is 0 Å². The van der Waals surface area contributed by atoms with Crippen molar-refractivity contribution >= 4 is 0 Å². The number of H-pyrrole nitrogens is 1. The maximum Gasteiger partial charge on any atom is 0.120 e. The summed E-state index contributed by atoms with van der Waals surface area (Å²) >= 11 is 0. The summed E-state index contributed by atoms with van der Waals surface area (Å²) in [6, 6.07) is 8.69. The zero-order valence-corrected chi connectivity index (χ0v) is 11.2. The molecule has 3 N–H and O–H groups in total. The Kier molecular flexibility index (Phi) is 4.15. The summed E-state index contributed by atoms with van der Waals surface area (Å²) in [5.74, 6) is 0.845. The van der Waals surface area contributed by atoms with Gasteiger partial charge < -0.3 is 10.7 Å². The quantitative estimate of drug-likeness (QED) is 0.847. The van der Waals surface area contributed by atoms with Crippen LogP contribution < -0.4 is 5.73 Å². The van der Waals surface area contributed by atoms with Crippen molar-refractivity contribution in [1.29, 1.82) is 0 Å². The van der Waals surface area contributed by atoms with Crippen LogP contribution in [0.5, 0.6) is 0 Å².